The maximum absolute atomic E-state index is 11.3. The molecule has 0 spiro atoms. The topological polar surface area (TPSA) is 72.5 Å². The van der Waals surface area contributed by atoms with Crippen LogP contribution >= 0.6 is 0 Å². The van der Waals surface area contributed by atoms with E-state index in [1.54, 1.807) is 0 Å². The van der Waals surface area contributed by atoms with Crippen LogP contribution in [0, 0.1) is 5.92 Å². The fourth-order valence-corrected chi connectivity index (χ4v) is 1.47. The van der Waals surface area contributed by atoms with Gasteiger partial charge in [-0.25, -0.2) is 4.79 Å². The standard InChI is InChI=1S/C12H25NO3/c1-3-5-6-10(4-2)9-16-12(15)11(14)7-8-13/h10-11,14H,3-9,13H2,1-2H3/t10?,11-/m0/s1. The van der Waals surface area contributed by atoms with E-state index in [0.717, 1.165) is 25.7 Å². The molecule has 0 saturated carbocycles. The molecule has 2 atom stereocenters. The molecule has 3 N–H and O–H groups in total. The summed E-state index contributed by atoms with van der Waals surface area (Å²) in [4.78, 5) is 11.3. The molecular formula is C12H25NO3. The zero-order valence-electron chi connectivity index (χ0n) is 10.4. The van der Waals surface area contributed by atoms with Gasteiger partial charge in [-0.1, -0.05) is 33.1 Å². The lowest BCUT2D eigenvalue weighted by Crippen LogP contribution is -2.27. The van der Waals surface area contributed by atoms with Crippen molar-refractivity contribution < 1.29 is 14.6 Å². The van der Waals surface area contributed by atoms with E-state index in [-0.39, 0.29) is 6.42 Å². The number of aliphatic hydroxyl groups excluding tert-OH is 1. The minimum Gasteiger partial charge on any atom is -0.463 e. The first-order valence-corrected chi connectivity index (χ1v) is 6.20. The largest absolute Gasteiger partial charge is 0.463 e. The minimum atomic E-state index is -1.06. The van der Waals surface area contributed by atoms with E-state index in [0.29, 0.717) is 19.1 Å². The van der Waals surface area contributed by atoms with Gasteiger partial charge in [-0.15, -0.1) is 0 Å². The molecule has 0 bridgehead atoms. The highest BCUT2D eigenvalue weighted by molar-refractivity contribution is 5.74. The monoisotopic (exact) mass is 231 g/mol. The Morgan fingerprint density at radius 2 is 2.06 bits per heavy atom. The van der Waals surface area contributed by atoms with Crippen LogP contribution in [0.25, 0.3) is 0 Å². The number of unbranched alkanes of at least 4 members (excludes halogenated alkanes) is 1. The Bertz CT molecular complexity index is 185. The number of nitrogens with two attached hydrogens (primary N) is 1. The van der Waals surface area contributed by atoms with Crippen molar-refractivity contribution in [2.75, 3.05) is 13.2 Å². The van der Waals surface area contributed by atoms with Crippen molar-refractivity contribution in [3.8, 4) is 0 Å². The second kappa shape index (κ2) is 9.60. The van der Waals surface area contributed by atoms with Crippen molar-refractivity contribution in [2.24, 2.45) is 11.7 Å². The molecule has 0 aromatic rings. The molecule has 0 rings (SSSR count). The number of rotatable bonds is 9. The number of carbonyl (C=O) groups is 1. The van der Waals surface area contributed by atoms with Crippen molar-refractivity contribution in [3.63, 3.8) is 0 Å². The van der Waals surface area contributed by atoms with Gasteiger partial charge in [0.15, 0.2) is 6.10 Å². The Hall–Kier alpha value is -0.610. The molecule has 16 heavy (non-hydrogen) atoms. The lowest BCUT2D eigenvalue weighted by Gasteiger charge is -2.16. The van der Waals surface area contributed by atoms with Crippen molar-refractivity contribution in [1.29, 1.82) is 0 Å². The summed E-state index contributed by atoms with van der Waals surface area (Å²) >= 11 is 0. The predicted octanol–water partition coefficient (Wildman–Crippen LogP) is 1.46. The molecular weight excluding hydrogens is 206 g/mol. The molecule has 0 saturated heterocycles. The molecule has 4 heteroatoms. The normalized spacial score (nSPS) is 14.5. The summed E-state index contributed by atoms with van der Waals surface area (Å²) in [5, 5.41) is 9.32. The first-order valence-electron chi connectivity index (χ1n) is 6.20. The van der Waals surface area contributed by atoms with Gasteiger partial charge >= 0.3 is 5.97 Å². The van der Waals surface area contributed by atoms with Gasteiger partial charge in [0.2, 0.25) is 0 Å². The van der Waals surface area contributed by atoms with Crippen LogP contribution < -0.4 is 5.73 Å². The Morgan fingerprint density at radius 1 is 1.38 bits per heavy atom. The van der Waals surface area contributed by atoms with Crippen molar-refractivity contribution >= 4 is 5.97 Å². The first-order chi connectivity index (χ1) is 7.65. The van der Waals surface area contributed by atoms with E-state index in [1.807, 2.05) is 0 Å². The molecule has 0 aromatic carbocycles. The summed E-state index contributed by atoms with van der Waals surface area (Å²) in [7, 11) is 0. The minimum absolute atomic E-state index is 0.268. The molecule has 0 heterocycles. The Kier molecular flexibility index (Phi) is 9.24. The van der Waals surface area contributed by atoms with Gasteiger partial charge in [0.1, 0.15) is 0 Å². The Balaban J connectivity index is 3.78. The van der Waals surface area contributed by atoms with E-state index in [9.17, 15) is 9.90 Å². The molecule has 0 aromatic heterocycles. The van der Waals surface area contributed by atoms with Crippen LogP contribution in [-0.4, -0.2) is 30.3 Å². The van der Waals surface area contributed by atoms with Crippen LogP contribution in [-0.2, 0) is 9.53 Å². The SMILES string of the molecule is CCCCC(CC)COC(=O)[C@@H](O)CCN. The fourth-order valence-electron chi connectivity index (χ4n) is 1.47. The summed E-state index contributed by atoms with van der Waals surface area (Å²) in [6, 6.07) is 0. The summed E-state index contributed by atoms with van der Waals surface area (Å²) in [6.07, 6.45) is 3.59. The van der Waals surface area contributed by atoms with Gasteiger partial charge in [0, 0.05) is 0 Å². The van der Waals surface area contributed by atoms with Gasteiger partial charge in [-0.2, -0.15) is 0 Å². The van der Waals surface area contributed by atoms with Crippen molar-refractivity contribution in [1.82, 2.24) is 0 Å². The van der Waals surface area contributed by atoms with Crippen LogP contribution in [0.2, 0.25) is 0 Å². The number of esters is 1. The molecule has 0 amide bonds. The number of ether oxygens (including phenoxy) is 1. The quantitative estimate of drug-likeness (QED) is 0.589. The van der Waals surface area contributed by atoms with Crippen molar-refractivity contribution in [2.45, 2.75) is 52.1 Å². The number of carbonyl (C=O) groups excluding carboxylic acids is 1. The van der Waals surface area contributed by atoms with Gasteiger partial charge in [-0.3, -0.25) is 0 Å². The van der Waals surface area contributed by atoms with E-state index < -0.39 is 12.1 Å². The Labute approximate surface area is 98.2 Å². The third-order valence-electron chi connectivity index (χ3n) is 2.72. The molecule has 0 aliphatic carbocycles. The highest BCUT2D eigenvalue weighted by Crippen LogP contribution is 2.13. The third-order valence-corrected chi connectivity index (χ3v) is 2.72. The smallest absolute Gasteiger partial charge is 0.335 e. The average Bonchev–Trinajstić information content (AvgIpc) is 2.29. The third kappa shape index (κ3) is 6.80. The summed E-state index contributed by atoms with van der Waals surface area (Å²) in [5.74, 6) is -0.130. The zero-order valence-corrected chi connectivity index (χ0v) is 10.4. The predicted molar refractivity (Wildman–Crippen MR) is 63.9 cm³/mol. The second-order valence-corrected chi connectivity index (χ2v) is 4.14. The Morgan fingerprint density at radius 3 is 2.56 bits per heavy atom. The molecule has 0 aliphatic rings. The van der Waals surface area contributed by atoms with Crippen LogP contribution in [0.15, 0.2) is 0 Å². The molecule has 96 valence electrons. The van der Waals surface area contributed by atoms with Crippen LogP contribution in [0.1, 0.15) is 46.0 Å². The molecule has 0 aliphatic heterocycles. The average molecular weight is 231 g/mol. The highest BCUT2D eigenvalue weighted by atomic mass is 16.5. The maximum Gasteiger partial charge on any atom is 0.335 e. The number of aliphatic hydroxyl groups is 1. The van der Waals surface area contributed by atoms with E-state index >= 15 is 0 Å². The van der Waals surface area contributed by atoms with Gasteiger partial charge < -0.3 is 15.6 Å². The highest BCUT2D eigenvalue weighted by Gasteiger charge is 2.17. The van der Waals surface area contributed by atoms with Crippen LogP contribution in [0.4, 0.5) is 0 Å². The van der Waals surface area contributed by atoms with E-state index in [1.165, 1.54) is 0 Å². The fraction of sp³-hybridized carbons (Fsp3) is 0.917. The van der Waals surface area contributed by atoms with E-state index in [2.05, 4.69) is 13.8 Å². The van der Waals surface area contributed by atoms with E-state index in [4.69, 9.17) is 10.5 Å². The van der Waals surface area contributed by atoms with Crippen molar-refractivity contribution in [3.05, 3.63) is 0 Å². The molecule has 1 unspecified atom stereocenters. The molecule has 0 radical (unpaired) electrons. The lowest BCUT2D eigenvalue weighted by atomic mass is 10.0. The lowest BCUT2D eigenvalue weighted by molar-refractivity contribution is -0.155. The van der Waals surface area contributed by atoms with Crippen LogP contribution in [0.3, 0.4) is 0 Å². The van der Waals surface area contributed by atoms with Gasteiger partial charge in [-0.05, 0) is 25.3 Å². The molecule has 0 fully saturated rings. The maximum atomic E-state index is 11.3. The first kappa shape index (κ1) is 15.4. The van der Waals surface area contributed by atoms with Gasteiger partial charge in [0.05, 0.1) is 6.61 Å². The van der Waals surface area contributed by atoms with Crippen LogP contribution in [0.5, 0.6) is 0 Å². The molecule has 4 nitrogen and oxygen atoms in total. The summed E-state index contributed by atoms with van der Waals surface area (Å²) < 4.78 is 5.06. The number of hydrogen-bond donors (Lipinski definition) is 2. The zero-order chi connectivity index (χ0) is 12.4. The second-order valence-electron chi connectivity index (χ2n) is 4.14. The summed E-state index contributed by atoms with van der Waals surface area (Å²) in [6.45, 7) is 4.94. The van der Waals surface area contributed by atoms with Gasteiger partial charge in [0.25, 0.3) is 0 Å². The summed E-state index contributed by atoms with van der Waals surface area (Å²) in [5.41, 5.74) is 5.25. The number of hydrogen-bond acceptors (Lipinski definition) is 4.